The van der Waals surface area contributed by atoms with Gasteiger partial charge in [0.2, 0.25) is 11.9 Å². The molecule has 7 heteroatoms. The third-order valence-electron chi connectivity index (χ3n) is 1.92. The summed E-state index contributed by atoms with van der Waals surface area (Å²) in [5, 5.41) is 12.0. The van der Waals surface area contributed by atoms with Gasteiger partial charge >= 0.3 is 6.01 Å². The molecule has 1 unspecified atom stereocenters. The number of hydrogen-bond acceptors (Lipinski definition) is 7. The van der Waals surface area contributed by atoms with Gasteiger partial charge < -0.3 is 20.9 Å². The van der Waals surface area contributed by atoms with Crippen molar-refractivity contribution < 1.29 is 9.84 Å². The van der Waals surface area contributed by atoms with E-state index in [9.17, 15) is 0 Å². The normalized spacial score (nSPS) is 12.2. The quantitative estimate of drug-likeness (QED) is 0.594. The van der Waals surface area contributed by atoms with Crippen molar-refractivity contribution in [2.45, 2.75) is 32.8 Å². The maximum Gasteiger partial charge on any atom is 0.323 e. The average molecular weight is 241 g/mol. The fourth-order valence-electron chi connectivity index (χ4n) is 1.06. The monoisotopic (exact) mass is 241 g/mol. The molecule has 0 saturated carbocycles. The molecule has 1 atom stereocenters. The lowest BCUT2D eigenvalue weighted by Gasteiger charge is -2.08. The zero-order valence-electron chi connectivity index (χ0n) is 10.2. The molecule has 7 nitrogen and oxygen atoms in total. The summed E-state index contributed by atoms with van der Waals surface area (Å²) >= 11 is 0. The van der Waals surface area contributed by atoms with E-state index in [0.717, 1.165) is 12.8 Å². The van der Waals surface area contributed by atoms with Crippen LogP contribution in [0.3, 0.4) is 0 Å². The van der Waals surface area contributed by atoms with Crippen LogP contribution in [0.5, 0.6) is 6.01 Å². The maximum absolute atomic E-state index is 9.13. The lowest BCUT2D eigenvalue weighted by molar-refractivity contribution is 0.208. The van der Waals surface area contributed by atoms with Gasteiger partial charge in [0.05, 0.1) is 12.7 Å². The third-order valence-corrected chi connectivity index (χ3v) is 1.92. The van der Waals surface area contributed by atoms with Gasteiger partial charge in [-0.1, -0.05) is 13.3 Å². The van der Waals surface area contributed by atoms with Gasteiger partial charge in [0.15, 0.2) is 0 Å². The molecule has 96 valence electrons. The highest BCUT2D eigenvalue weighted by Crippen LogP contribution is 2.09. The number of nitrogens with one attached hydrogen (secondary N) is 1. The van der Waals surface area contributed by atoms with E-state index in [-0.39, 0.29) is 12.0 Å². The second-order valence-corrected chi connectivity index (χ2v) is 3.73. The molecule has 0 aromatic carbocycles. The lowest BCUT2D eigenvalue weighted by atomic mass is 10.4. The standard InChI is InChI=1S/C10H19N5O2/c1-3-4-5-17-10-14-8(11)13-9(15-10)12-6-7(2)16/h7,16H,3-6H2,1-2H3,(H3,11,12,13,14,15). The van der Waals surface area contributed by atoms with Crippen LogP contribution in [0.15, 0.2) is 0 Å². The molecule has 1 rings (SSSR count). The Hall–Kier alpha value is -1.63. The van der Waals surface area contributed by atoms with E-state index >= 15 is 0 Å². The molecular weight excluding hydrogens is 222 g/mol. The van der Waals surface area contributed by atoms with Gasteiger partial charge in [-0.15, -0.1) is 0 Å². The summed E-state index contributed by atoms with van der Waals surface area (Å²) in [6.07, 6.45) is 1.48. The Morgan fingerprint density at radius 1 is 1.41 bits per heavy atom. The number of hydrogen-bond donors (Lipinski definition) is 3. The van der Waals surface area contributed by atoms with Crippen molar-refractivity contribution in [1.82, 2.24) is 15.0 Å². The Balaban J connectivity index is 2.59. The SMILES string of the molecule is CCCCOc1nc(N)nc(NCC(C)O)n1. The van der Waals surface area contributed by atoms with Crippen LogP contribution in [-0.2, 0) is 0 Å². The van der Waals surface area contributed by atoms with Crippen molar-refractivity contribution in [3.8, 4) is 6.01 Å². The van der Waals surface area contributed by atoms with E-state index in [1.54, 1.807) is 6.92 Å². The van der Waals surface area contributed by atoms with Crippen LogP contribution in [0, 0.1) is 0 Å². The number of aromatic nitrogens is 3. The molecular formula is C10H19N5O2. The van der Waals surface area contributed by atoms with Gasteiger partial charge in [0, 0.05) is 6.54 Å². The lowest BCUT2D eigenvalue weighted by Crippen LogP contribution is -2.18. The number of nitrogens with zero attached hydrogens (tertiary/aromatic N) is 3. The van der Waals surface area contributed by atoms with Gasteiger partial charge in [0.1, 0.15) is 0 Å². The fourth-order valence-corrected chi connectivity index (χ4v) is 1.06. The van der Waals surface area contributed by atoms with Crippen LogP contribution < -0.4 is 15.8 Å². The van der Waals surface area contributed by atoms with E-state index in [1.807, 2.05) is 0 Å². The molecule has 4 N–H and O–H groups in total. The summed E-state index contributed by atoms with van der Waals surface area (Å²) in [6, 6.07) is 0.207. The predicted molar refractivity (Wildman–Crippen MR) is 64.8 cm³/mol. The Bertz CT molecular complexity index is 345. The molecule has 0 spiro atoms. The minimum atomic E-state index is -0.488. The number of ether oxygens (including phenoxy) is 1. The summed E-state index contributed by atoms with van der Waals surface area (Å²) in [7, 11) is 0. The third kappa shape index (κ3) is 5.30. The van der Waals surface area contributed by atoms with Gasteiger partial charge in [-0.3, -0.25) is 0 Å². The highest BCUT2D eigenvalue weighted by atomic mass is 16.5. The van der Waals surface area contributed by atoms with E-state index in [1.165, 1.54) is 0 Å². The first kappa shape index (κ1) is 13.4. The number of nitrogens with two attached hydrogens (primary N) is 1. The Kier molecular flexibility index (Phi) is 5.41. The first-order chi connectivity index (χ1) is 8.11. The zero-order valence-corrected chi connectivity index (χ0v) is 10.2. The van der Waals surface area contributed by atoms with Crippen LogP contribution in [0.4, 0.5) is 11.9 Å². The second-order valence-electron chi connectivity index (χ2n) is 3.73. The molecule has 1 aromatic heterocycles. The molecule has 17 heavy (non-hydrogen) atoms. The zero-order chi connectivity index (χ0) is 12.7. The Morgan fingerprint density at radius 2 is 2.18 bits per heavy atom. The van der Waals surface area contributed by atoms with Crippen molar-refractivity contribution in [1.29, 1.82) is 0 Å². The van der Waals surface area contributed by atoms with E-state index in [4.69, 9.17) is 15.6 Å². The molecule has 1 heterocycles. The number of rotatable bonds is 7. The smallest absolute Gasteiger partial charge is 0.323 e. The van der Waals surface area contributed by atoms with Crippen molar-refractivity contribution in [3.63, 3.8) is 0 Å². The summed E-state index contributed by atoms with van der Waals surface area (Å²) < 4.78 is 5.33. The highest BCUT2D eigenvalue weighted by molar-refractivity contribution is 5.32. The molecule has 0 saturated heterocycles. The van der Waals surface area contributed by atoms with E-state index in [0.29, 0.717) is 19.1 Å². The molecule has 0 bridgehead atoms. The fraction of sp³-hybridized carbons (Fsp3) is 0.700. The summed E-state index contributed by atoms with van der Waals surface area (Å²) in [4.78, 5) is 11.8. The minimum absolute atomic E-state index is 0.0968. The highest BCUT2D eigenvalue weighted by Gasteiger charge is 2.05. The first-order valence-electron chi connectivity index (χ1n) is 5.68. The number of anilines is 2. The number of aliphatic hydroxyl groups is 1. The van der Waals surface area contributed by atoms with Crippen LogP contribution in [-0.4, -0.2) is 39.3 Å². The largest absolute Gasteiger partial charge is 0.463 e. The number of nitrogen functional groups attached to an aromatic ring is 1. The van der Waals surface area contributed by atoms with Gasteiger partial charge in [-0.25, -0.2) is 0 Å². The summed E-state index contributed by atoms with van der Waals surface area (Å²) in [6.45, 7) is 4.63. The van der Waals surface area contributed by atoms with Crippen molar-refractivity contribution in [3.05, 3.63) is 0 Å². The molecule has 0 amide bonds. The summed E-state index contributed by atoms with van der Waals surface area (Å²) in [5.41, 5.74) is 5.53. The predicted octanol–water partition coefficient (Wildman–Crippen LogP) is 0.425. The van der Waals surface area contributed by atoms with Gasteiger partial charge in [0.25, 0.3) is 0 Å². The topological polar surface area (TPSA) is 106 Å². The first-order valence-corrected chi connectivity index (χ1v) is 5.68. The number of aliphatic hydroxyl groups excluding tert-OH is 1. The molecule has 0 fully saturated rings. The Morgan fingerprint density at radius 3 is 2.82 bits per heavy atom. The summed E-state index contributed by atoms with van der Waals surface area (Å²) in [5.74, 6) is 0.407. The maximum atomic E-state index is 9.13. The van der Waals surface area contributed by atoms with Gasteiger partial charge in [-0.05, 0) is 13.3 Å². The second kappa shape index (κ2) is 6.85. The average Bonchev–Trinajstić information content (AvgIpc) is 2.26. The Labute approximate surface area is 100 Å². The van der Waals surface area contributed by atoms with Crippen molar-refractivity contribution in [2.75, 3.05) is 24.2 Å². The molecule has 0 aliphatic rings. The van der Waals surface area contributed by atoms with Crippen LogP contribution in [0.1, 0.15) is 26.7 Å². The molecule has 1 aromatic rings. The number of unbranched alkanes of at least 4 members (excludes halogenated alkanes) is 1. The minimum Gasteiger partial charge on any atom is -0.463 e. The van der Waals surface area contributed by atoms with Crippen LogP contribution >= 0.6 is 0 Å². The van der Waals surface area contributed by atoms with Gasteiger partial charge in [-0.2, -0.15) is 15.0 Å². The molecule has 0 aliphatic heterocycles. The van der Waals surface area contributed by atoms with Crippen LogP contribution in [0.2, 0.25) is 0 Å². The molecule has 0 radical (unpaired) electrons. The van der Waals surface area contributed by atoms with E-state index < -0.39 is 6.10 Å². The van der Waals surface area contributed by atoms with Crippen molar-refractivity contribution >= 4 is 11.9 Å². The molecule has 0 aliphatic carbocycles. The van der Waals surface area contributed by atoms with E-state index in [2.05, 4.69) is 27.2 Å². The van der Waals surface area contributed by atoms with Crippen molar-refractivity contribution in [2.24, 2.45) is 0 Å². The van der Waals surface area contributed by atoms with Crippen LogP contribution in [0.25, 0.3) is 0 Å².